The highest BCUT2D eigenvalue weighted by molar-refractivity contribution is 7.89. The Morgan fingerprint density at radius 2 is 1.68 bits per heavy atom. The molecular weight excluding hydrogens is 474 g/mol. The first-order valence-corrected chi connectivity index (χ1v) is 13.4. The Kier molecular flexibility index (Phi) is 11.0. The average Bonchev–Trinajstić information content (AvgIpc) is 2.84. The zero-order chi connectivity index (χ0) is 25.1. The van der Waals surface area contributed by atoms with E-state index in [1.54, 1.807) is 41.3 Å². The van der Waals surface area contributed by atoms with Gasteiger partial charge in [-0.1, -0.05) is 61.8 Å². The summed E-state index contributed by atoms with van der Waals surface area (Å²) < 4.78 is 26.7. The lowest BCUT2D eigenvalue weighted by Crippen LogP contribution is -2.49. The summed E-state index contributed by atoms with van der Waals surface area (Å²) >= 11 is 6.33. The number of sulfonamides is 1. The van der Waals surface area contributed by atoms with Crippen molar-refractivity contribution in [3.05, 3.63) is 65.2 Å². The van der Waals surface area contributed by atoms with E-state index in [1.165, 1.54) is 11.4 Å². The van der Waals surface area contributed by atoms with Crippen molar-refractivity contribution in [2.75, 3.05) is 20.1 Å². The van der Waals surface area contributed by atoms with Crippen molar-refractivity contribution in [1.82, 2.24) is 14.5 Å². The third-order valence-electron chi connectivity index (χ3n) is 5.55. The summed E-state index contributed by atoms with van der Waals surface area (Å²) in [6, 6.07) is 14.8. The van der Waals surface area contributed by atoms with Crippen LogP contribution in [-0.4, -0.2) is 55.6 Å². The van der Waals surface area contributed by atoms with E-state index in [4.69, 9.17) is 11.6 Å². The van der Waals surface area contributed by atoms with Crippen LogP contribution >= 0.6 is 11.6 Å². The van der Waals surface area contributed by atoms with Gasteiger partial charge in [0, 0.05) is 38.1 Å². The Balaban J connectivity index is 2.12. The number of nitrogens with one attached hydrogen (secondary N) is 1. The molecule has 0 aliphatic rings. The lowest BCUT2D eigenvalue weighted by molar-refractivity contribution is -0.141. The van der Waals surface area contributed by atoms with Gasteiger partial charge in [-0.05, 0) is 43.0 Å². The second-order valence-electron chi connectivity index (χ2n) is 8.07. The number of rotatable bonds is 13. The summed E-state index contributed by atoms with van der Waals surface area (Å²) in [7, 11) is -2.13. The molecule has 186 valence electrons. The first kappa shape index (κ1) is 27.8. The van der Waals surface area contributed by atoms with Gasteiger partial charge in [0.1, 0.15) is 6.04 Å². The van der Waals surface area contributed by atoms with Crippen molar-refractivity contribution in [3.8, 4) is 0 Å². The number of benzene rings is 2. The molecule has 0 bridgehead atoms. The second-order valence-corrected chi connectivity index (χ2v) is 10.5. The lowest BCUT2D eigenvalue weighted by Gasteiger charge is -2.31. The summed E-state index contributed by atoms with van der Waals surface area (Å²) in [6.07, 6.45) is 1.68. The number of carbonyl (C=O) groups is 2. The number of hydrogen-bond acceptors (Lipinski definition) is 4. The van der Waals surface area contributed by atoms with Crippen molar-refractivity contribution in [2.24, 2.45) is 0 Å². The van der Waals surface area contributed by atoms with Gasteiger partial charge in [-0.15, -0.1) is 0 Å². The Morgan fingerprint density at radius 1 is 1.03 bits per heavy atom. The fourth-order valence-corrected chi connectivity index (χ4v) is 5.01. The largest absolute Gasteiger partial charge is 0.354 e. The second kappa shape index (κ2) is 13.5. The summed E-state index contributed by atoms with van der Waals surface area (Å²) in [6.45, 7) is 4.75. The summed E-state index contributed by atoms with van der Waals surface area (Å²) in [4.78, 5) is 27.8. The predicted molar refractivity (Wildman–Crippen MR) is 135 cm³/mol. The normalized spacial score (nSPS) is 12.4. The molecule has 9 heteroatoms. The Hall–Kier alpha value is -2.42. The van der Waals surface area contributed by atoms with Crippen LogP contribution in [0.15, 0.2) is 59.5 Å². The van der Waals surface area contributed by atoms with E-state index in [-0.39, 0.29) is 36.2 Å². The van der Waals surface area contributed by atoms with Gasteiger partial charge in [-0.25, -0.2) is 12.7 Å². The summed E-state index contributed by atoms with van der Waals surface area (Å²) in [5.74, 6) is -0.419. The third kappa shape index (κ3) is 7.55. The molecule has 0 saturated heterocycles. The average molecular weight is 508 g/mol. The van der Waals surface area contributed by atoms with Crippen LogP contribution in [0.2, 0.25) is 5.02 Å². The van der Waals surface area contributed by atoms with Crippen LogP contribution in [0.25, 0.3) is 0 Å². The SMILES string of the molecule is CCCNC(=O)[C@@H](CC)N(Cc1ccccc1Cl)C(=O)CCCN(C)S(=O)(=O)c1ccccc1. The molecule has 7 nitrogen and oxygen atoms in total. The van der Waals surface area contributed by atoms with E-state index in [1.807, 2.05) is 32.0 Å². The zero-order valence-corrected chi connectivity index (χ0v) is 21.6. The Labute approximate surface area is 208 Å². The van der Waals surface area contributed by atoms with Crippen molar-refractivity contribution < 1.29 is 18.0 Å². The van der Waals surface area contributed by atoms with Crippen LogP contribution in [0.1, 0.15) is 45.1 Å². The molecule has 0 aromatic heterocycles. The lowest BCUT2D eigenvalue weighted by atomic mass is 10.1. The van der Waals surface area contributed by atoms with Crippen molar-refractivity contribution in [1.29, 1.82) is 0 Å². The monoisotopic (exact) mass is 507 g/mol. The van der Waals surface area contributed by atoms with E-state index in [2.05, 4.69) is 5.32 Å². The first-order chi connectivity index (χ1) is 16.2. The van der Waals surface area contributed by atoms with Crippen LogP contribution in [0.4, 0.5) is 0 Å². The Bertz CT molecular complexity index is 1050. The zero-order valence-electron chi connectivity index (χ0n) is 20.0. The molecule has 2 amide bonds. The molecule has 2 aromatic carbocycles. The predicted octanol–water partition coefficient (Wildman–Crippen LogP) is 4.07. The van der Waals surface area contributed by atoms with Gasteiger partial charge in [0.2, 0.25) is 21.8 Å². The third-order valence-corrected chi connectivity index (χ3v) is 7.79. The summed E-state index contributed by atoms with van der Waals surface area (Å²) in [5.41, 5.74) is 0.753. The molecule has 0 heterocycles. The number of amides is 2. The van der Waals surface area contributed by atoms with Crippen LogP contribution < -0.4 is 5.32 Å². The number of carbonyl (C=O) groups excluding carboxylic acids is 2. The minimum atomic E-state index is -3.63. The molecule has 0 aliphatic carbocycles. The molecule has 0 unspecified atom stereocenters. The summed E-state index contributed by atoms with van der Waals surface area (Å²) in [5, 5.41) is 3.40. The van der Waals surface area contributed by atoms with E-state index in [0.717, 1.165) is 12.0 Å². The van der Waals surface area contributed by atoms with E-state index < -0.39 is 16.1 Å². The smallest absolute Gasteiger partial charge is 0.242 e. The van der Waals surface area contributed by atoms with Gasteiger partial charge in [-0.2, -0.15) is 0 Å². The standard InChI is InChI=1S/C25H34ClN3O4S/c1-4-17-27-25(31)23(5-2)29(19-20-12-9-10-15-22(20)26)24(30)16-11-18-28(3)34(32,33)21-13-7-6-8-14-21/h6-10,12-15,23H,4-5,11,16-19H2,1-3H3,(H,27,31)/t23-/m1/s1. The molecule has 2 rings (SSSR count). The minimum Gasteiger partial charge on any atom is -0.354 e. The van der Waals surface area contributed by atoms with E-state index in [0.29, 0.717) is 24.4 Å². The Morgan fingerprint density at radius 3 is 2.29 bits per heavy atom. The quantitative estimate of drug-likeness (QED) is 0.442. The molecule has 0 radical (unpaired) electrons. The molecule has 0 spiro atoms. The maximum atomic E-state index is 13.3. The van der Waals surface area contributed by atoms with Gasteiger partial charge in [-0.3, -0.25) is 9.59 Å². The first-order valence-electron chi connectivity index (χ1n) is 11.5. The molecule has 0 aliphatic heterocycles. The topological polar surface area (TPSA) is 86.8 Å². The van der Waals surface area contributed by atoms with Gasteiger partial charge >= 0.3 is 0 Å². The number of nitrogens with zero attached hydrogens (tertiary/aromatic N) is 2. The molecule has 0 fully saturated rings. The van der Waals surface area contributed by atoms with Crippen molar-refractivity contribution >= 4 is 33.4 Å². The van der Waals surface area contributed by atoms with E-state index in [9.17, 15) is 18.0 Å². The number of hydrogen-bond donors (Lipinski definition) is 1. The van der Waals surface area contributed by atoms with Crippen LogP contribution in [-0.2, 0) is 26.2 Å². The fourth-order valence-electron chi connectivity index (χ4n) is 3.58. The van der Waals surface area contributed by atoms with Crippen molar-refractivity contribution in [2.45, 2.75) is 57.0 Å². The highest BCUT2D eigenvalue weighted by Gasteiger charge is 2.29. The van der Waals surface area contributed by atoms with Crippen molar-refractivity contribution in [3.63, 3.8) is 0 Å². The maximum absolute atomic E-state index is 13.3. The molecule has 34 heavy (non-hydrogen) atoms. The van der Waals surface area contributed by atoms with Gasteiger partial charge < -0.3 is 10.2 Å². The van der Waals surface area contributed by atoms with Gasteiger partial charge in [0.15, 0.2) is 0 Å². The number of halogens is 1. The highest BCUT2D eigenvalue weighted by Crippen LogP contribution is 2.21. The van der Waals surface area contributed by atoms with E-state index >= 15 is 0 Å². The fraction of sp³-hybridized carbons (Fsp3) is 0.440. The minimum absolute atomic E-state index is 0.108. The molecular formula is C25H34ClN3O4S. The van der Waals surface area contributed by atoms with Crippen LogP contribution in [0.5, 0.6) is 0 Å². The van der Waals surface area contributed by atoms with Gasteiger partial charge in [0.05, 0.1) is 4.90 Å². The van der Waals surface area contributed by atoms with Crippen LogP contribution in [0.3, 0.4) is 0 Å². The molecule has 2 aromatic rings. The molecule has 1 atom stereocenters. The van der Waals surface area contributed by atoms with Crippen LogP contribution in [0, 0.1) is 0 Å². The maximum Gasteiger partial charge on any atom is 0.242 e. The van der Waals surface area contributed by atoms with Gasteiger partial charge in [0.25, 0.3) is 0 Å². The molecule has 0 saturated carbocycles. The molecule has 1 N–H and O–H groups in total. The highest BCUT2D eigenvalue weighted by atomic mass is 35.5.